The van der Waals surface area contributed by atoms with E-state index in [1.807, 2.05) is 6.07 Å². The molecule has 1 heterocycles. The van der Waals surface area contributed by atoms with Gasteiger partial charge in [0.2, 0.25) is 0 Å². The molecule has 0 bridgehead atoms. The fourth-order valence-corrected chi connectivity index (χ4v) is 4.02. The predicted octanol–water partition coefficient (Wildman–Crippen LogP) is 4.00. The fourth-order valence-electron chi connectivity index (χ4n) is 2.92. The van der Waals surface area contributed by atoms with Gasteiger partial charge in [0.05, 0.1) is 22.2 Å². The Kier molecular flexibility index (Phi) is 3.51. The van der Waals surface area contributed by atoms with Gasteiger partial charge in [-0.2, -0.15) is 0 Å². The Morgan fingerprint density at radius 2 is 2.14 bits per heavy atom. The Balaban J connectivity index is 1.92. The highest BCUT2D eigenvalue weighted by Gasteiger charge is 2.25. The van der Waals surface area contributed by atoms with E-state index in [1.54, 1.807) is 31.3 Å². The van der Waals surface area contributed by atoms with Crippen molar-refractivity contribution in [1.82, 2.24) is 4.98 Å². The topological polar surface area (TPSA) is 50.2 Å². The third-order valence-electron chi connectivity index (χ3n) is 4.31. The second-order valence-electron chi connectivity index (χ2n) is 6.46. The molecule has 1 aromatic carbocycles. The Labute approximate surface area is 130 Å². The number of thiazole rings is 1. The van der Waals surface area contributed by atoms with Crippen LogP contribution in [0.1, 0.15) is 57.4 Å². The van der Waals surface area contributed by atoms with Crippen LogP contribution < -0.4 is 0 Å². The number of carbonyl (C=O) groups is 1. The number of hydrogen-bond acceptors (Lipinski definition) is 4. The van der Waals surface area contributed by atoms with Gasteiger partial charge in [0, 0.05) is 11.8 Å². The minimum absolute atomic E-state index is 0.215. The first-order valence-corrected chi connectivity index (χ1v) is 8.29. The molecule has 0 radical (unpaired) electrons. The lowest BCUT2D eigenvalue weighted by atomic mass is 9.83. The number of benzene rings is 1. The van der Waals surface area contributed by atoms with Crippen LogP contribution in [0, 0.1) is 5.92 Å². The molecule has 0 aliphatic heterocycles. The molecule has 1 aliphatic rings. The molecule has 4 heteroatoms. The van der Waals surface area contributed by atoms with Gasteiger partial charge in [-0.1, -0.05) is 6.04 Å². The summed E-state index contributed by atoms with van der Waals surface area (Å²) < 4.78 is 9.10. The van der Waals surface area contributed by atoms with Crippen molar-refractivity contribution >= 4 is 27.8 Å². The summed E-state index contributed by atoms with van der Waals surface area (Å²) in [5.41, 5.74) is 0.448. The molecule has 0 unspecified atom stereocenters. The highest BCUT2D eigenvalue weighted by molar-refractivity contribution is 7.18. The summed E-state index contributed by atoms with van der Waals surface area (Å²) in [5.74, 6) is 0.639. The van der Waals surface area contributed by atoms with Gasteiger partial charge in [-0.25, -0.2) is 4.98 Å². The summed E-state index contributed by atoms with van der Waals surface area (Å²) in [5, 5.41) is 11.3. The second kappa shape index (κ2) is 5.50. The molecule has 1 fully saturated rings. The van der Waals surface area contributed by atoms with Crippen LogP contribution in [0.3, 0.4) is 0 Å². The number of fused-ring (bicyclic) bond motifs is 1. The van der Waals surface area contributed by atoms with Crippen LogP contribution >= 0.6 is 11.3 Å². The molecule has 0 atom stereocenters. The monoisotopic (exact) mass is 304 g/mol. The smallest absolute Gasteiger partial charge is 0.123 e. The van der Waals surface area contributed by atoms with Gasteiger partial charge in [-0.05, 0) is 57.2 Å². The van der Waals surface area contributed by atoms with Crippen molar-refractivity contribution in [3.05, 3.63) is 28.7 Å². The van der Waals surface area contributed by atoms with Gasteiger partial charge in [-0.15, -0.1) is 11.3 Å². The lowest BCUT2D eigenvalue weighted by molar-refractivity contribution is -0.111. The van der Waals surface area contributed by atoms with E-state index in [1.165, 1.54) is 0 Å². The number of aromatic nitrogens is 1. The quantitative estimate of drug-likeness (QED) is 0.872. The van der Waals surface area contributed by atoms with E-state index in [2.05, 4.69) is 0 Å². The average Bonchev–Trinajstić information content (AvgIpc) is 2.88. The van der Waals surface area contributed by atoms with E-state index in [0.29, 0.717) is 17.5 Å². The molecular weight excluding hydrogens is 282 g/mol. The number of aldehydes is 1. The van der Waals surface area contributed by atoms with E-state index in [4.69, 9.17) is 6.35 Å². The van der Waals surface area contributed by atoms with E-state index >= 15 is 0 Å². The number of nitrogens with zero attached hydrogens (tertiary/aromatic N) is 1. The molecule has 1 aromatic heterocycles. The van der Waals surface area contributed by atoms with E-state index in [-0.39, 0.29) is 5.92 Å². The summed E-state index contributed by atoms with van der Waals surface area (Å²) >= 11 is 1.65. The second-order valence-corrected chi connectivity index (χ2v) is 7.52. The number of rotatable bonds is 3. The first-order chi connectivity index (χ1) is 10.4. The summed E-state index contributed by atoms with van der Waals surface area (Å²) in [6.07, 6.45) is 4.99. The van der Waals surface area contributed by atoms with Gasteiger partial charge in [0.25, 0.3) is 0 Å². The third-order valence-corrected chi connectivity index (χ3v) is 5.49. The van der Waals surface area contributed by atoms with Crippen LogP contribution in [0.25, 0.3) is 10.2 Å². The van der Waals surface area contributed by atoms with Crippen LogP contribution in [0.15, 0.2) is 18.2 Å². The molecule has 0 saturated heterocycles. The summed E-state index contributed by atoms with van der Waals surface area (Å²) in [4.78, 5) is 15.6. The van der Waals surface area contributed by atoms with E-state index in [9.17, 15) is 9.90 Å². The minimum Gasteiger partial charge on any atom is -0.386 e. The number of carbonyl (C=O) groups excluding carboxylic acids is 1. The molecule has 0 amide bonds. The summed E-state index contributed by atoms with van der Waals surface area (Å²) in [7, 11) is 0. The lowest BCUT2D eigenvalue weighted by Gasteiger charge is -2.23. The van der Waals surface area contributed by atoms with Crippen LogP contribution in [-0.4, -0.2) is 16.4 Å². The van der Waals surface area contributed by atoms with Gasteiger partial charge in [0.1, 0.15) is 6.29 Å². The zero-order valence-corrected chi connectivity index (χ0v) is 13.2. The summed E-state index contributed by atoms with van der Waals surface area (Å²) in [6.45, 7) is 3.39. The molecule has 0 spiro atoms. The van der Waals surface area contributed by atoms with Crippen molar-refractivity contribution in [3.63, 3.8) is 0 Å². The van der Waals surface area contributed by atoms with Crippen molar-refractivity contribution in [2.75, 3.05) is 0 Å². The van der Waals surface area contributed by atoms with Crippen LogP contribution in [-0.2, 0) is 10.4 Å². The SMILES string of the molecule is [2H]c1cc2sc(C3CCC(C=O)CC3)nc2cc1C(C)(C)O. The van der Waals surface area contributed by atoms with Crippen molar-refractivity contribution in [3.8, 4) is 0 Å². The van der Waals surface area contributed by atoms with Gasteiger partial charge in [-0.3, -0.25) is 0 Å². The number of hydrogen-bond donors (Lipinski definition) is 1. The Morgan fingerprint density at radius 3 is 2.76 bits per heavy atom. The lowest BCUT2D eigenvalue weighted by Crippen LogP contribution is -2.15. The van der Waals surface area contributed by atoms with Crippen molar-refractivity contribution in [2.24, 2.45) is 5.92 Å². The van der Waals surface area contributed by atoms with E-state index < -0.39 is 5.60 Å². The molecule has 1 saturated carbocycles. The van der Waals surface area contributed by atoms with Crippen LogP contribution in [0.2, 0.25) is 0 Å². The molecule has 1 N–H and O–H groups in total. The van der Waals surface area contributed by atoms with Gasteiger partial charge in [0.15, 0.2) is 0 Å². The van der Waals surface area contributed by atoms with E-state index in [0.717, 1.165) is 47.2 Å². The average molecular weight is 304 g/mol. The minimum atomic E-state index is -1.03. The van der Waals surface area contributed by atoms with Gasteiger partial charge < -0.3 is 9.90 Å². The molecule has 21 heavy (non-hydrogen) atoms. The molecule has 1 aliphatic carbocycles. The number of aliphatic hydroxyl groups is 1. The van der Waals surface area contributed by atoms with Crippen molar-refractivity contribution < 1.29 is 11.3 Å². The van der Waals surface area contributed by atoms with Gasteiger partial charge >= 0.3 is 0 Å². The Hall–Kier alpha value is -1.26. The first-order valence-electron chi connectivity index (χ1n) is 7.97. The zero-order valence-electron chi connectivity index (χ0n) is 13.4. The fraction of sp³-hybridized carbons (Fsp3) is 0.529. The maximum atomic E-state index is 10.9. The molecule has 3 nitrogen and oxygen atoms in total. The largest absolute Gasteiger partial charge is 0.386 e. The van der Waals surface area contributed by atoms with Crippen molar-refractivity contribution in [2.45, 2.75) is 51.0 Å². The molecule has 2 aromatic rings. The first kappa shape index (κ1) is 13.4. The maximum Gasteiger partial charge on any atom is 0.123 e. The van der Waals surface area contributed by atoms with Crippen LogP contribution in [0.5, 0.6) is 0 Å². The summed E-state index contributed by atoms with van der Waals surface area (Å²) in [6, 6.07) is 4.01. The highest BCUT2D eigenvalue weighted by atomic mass is 32.1. The predicted molar refractivity (Wildman–Crippen MR) is 85.6 cm³/mol. The van der Waals surface area contributed by atoms with Crippen LogP contribution in [0.4, 0.5) is 0 Å². The zero-order chi connectivity index (χ0) is 15.9. The Bertz CT molecular complexity index is 696. The Morgan fingerprint density at radius 1 is 1.43 bits per heavy atom. The van der Waals surface area contributed by atoms with Crippen molar-refractivity contribution in [1.29, 1.82) is 0 Å². The molecule has 112 valence electrons. The third kappa shape index (κ3) is 3.01. The molecular formula is C17H21NO2S. The standard InChI is InChI=1S/C17H21NO2S/c1-17(2,20)13-7-8-15-14(9-13)18-16(21-15)12-5-3-11(10-19)4-6-12/h7-12,20H,3-6H2,1-2H3/i7D. The maximum absolute atomic E-state index is 10.9. The highest BCUT2D eigenvalue weighted by Crippen LogP contribution is 2.39. The normalized spacial score (nSPS) is 24.0. The molecule has 3 rings (SSSR count).